The molecule has 14 nitrogen and oxygen atoms in total. The van der Waals surface area contributed by atoms with Crippen LogP contribution in [0.1, 0.15) is 60.3 Å². The Bertz CT molecular complexity index is 1900. The fourth-order valence-corrected chi connectivity index (χ4v) is 7.34. The first-order valence-corrected chi connectivity index (χ1v) is 19.4. The molecule has 2 aromatic carbocycles. The Morgan fingerprint density at radius 2 is 1.04 bits per heavy atom. The molecule has 2 saturated carbocycles. The number of nitrogens with two attached hydrogens (primary N) is 1. The maximum Gasteiger partial charge on any atom is 0.263 e. The van der Waals surface area contributed by atoms with E-state index >= 15 is 0 Å². The van der Waals surface area contributed by atoms with Crippen LogP contribution in [0.25, 0.3) is 0 Å². The first-order chi connectivity index (χ1) is 23.7. The van der Waals surface area contributed by atoms with Crippen molar-refractivity contribution in [3.05, 3.63) is 83.2 Å². The van der Waals surface area contributed by atoms with Gasteiger partial charge in [-0.3, -0.25) is 9.36 Å². The van der Waals surface area contributed by atoms with E-state index in [0.29, 0.717) is 19.1 Å². The molecule has 0 spiro atoms. The number of sulfonamides is 2. The summed E-state index contributed by atoms with van der Waals surface area (Å²) in [6, 6.07) is 18.8. The molecule has 16 heteroatoms. The molecule has 2 aliphatic carbocycles. The highest BCUT2D eigenvalue weighted by Crippen LogP contribution is 2.37. The first kappa shape index (κ1) is 37.5. The van der Waals surface area contributed by atoms with Crippen molar-refractivity contribution in [1.29, 1.82) is 0 Å². The molecule has 0 atom stereocenters. The second kappa shape index (κ2) is 15.6. The lowest BCUT2D eigenvalue weighted by Crippen LogP contribution is -2.30. The molecule has 0 saturated heterocycles. The average molecular weight is 729 g/mol. The number of primary sulfonamides is 1. The number of ether oxygens (including phenoxy) is 2. The van der Waals surface area contributed by atoms with E-state index in [4.69, 9.17) is 14.6 Å². The van der Waals surface area contributed by atoms with Crippen molar-refractivity contribution in [2.75, 3.05) is 42.4 Å². The Hall–Kier alpha value is -3.80. The largest absolute Gasteiger partial charge is 0.497 e. The van der Waals surface area contributed by atoms with Crippen molar-refractivity contribution in [2.24, 2.45) is 5.14 Å². The van der Waals surface area contributed by atoms with Gasteiger partial charge in [0.2, 0.25) is 0 Å². The Kier molecular flexibility index (Phi) is 11.7. The predicted molar refractivity (Wildman–Crippen MR) is 190 cm³/mol. The quantitative estimate of drug-likeness (QED) is 0.192. The van der Waals surface area contributed by atoms with Gasteiger partial charge in [-0.05, 0) is 89.3 Å². The van der Waals surface area contributed by atoms with Gasteiger partial charge in [0, 0.05) is 38.3 Å². The molecular formula is C34H48N8O6S2. The van der Waals surface area contributed by atoms with E-state index < -0.39 is 20.0 Å². The van der Waals surface area contributed by atoms with Gasteiger partial charge in [-0.15, -0.1) is 0 Å². The molecule has 0 aliphatic heterocycles. The maximum absolute atomic E-state index is 13.9. The Morgan fingerprint density at radius 1 is 0.660 bits per heavy atom. The van der Waals surface area contributed by atoms with E-state index in [0.717, 1.165) is 59.7 Å². The molecule has 6 rings (SSSR count). The number of rotatable bonds is 15. The van der Waals surface area contributed by atoms with Gasteiger partial charge in [0.25, 0.3) is 20.0 Å². The van der Waals surface area contributed by atoms with Gasteiger partial charge < -0.3 is 19.3 Å². The van der Waals surface area contributed by atoms with Gasteiger partial charge >= 0.3 is 0 Å². The number of aromatic nitrogens is 4. The number of hydrogen-bond donors (Lipinski definition) is 1. The normalized spacial score (nSPS) is 15.0. The van der Waals surface area contributed by atoms with Crippen LogP contribution >= 0.6 is 0 Å². The molecule has 2 fully saturated rings. The van der Waals surface area contributed by atoms with Gasteiger partial charge in [-0.25, -0.2) is 22.0 Å². The molecule has 2 heterocycles. The zero-order chi connectivity index (χ0) is 36.2. The van der Waals surface area contributed by atoms with Crippen LogP contribution in [0.4, 0.5) is 0 Å². The lowest BCUT2D eigenvalue weighted by atomic mass is 10.2. The molecule has 2 N–H and O–H groups in total. The molecule has 4 aromatic rings. The van der Waals surface area contributed by atoms with E-state index in [1.54, 1.807) is 31.0 Å². The minimum Gasteiger partial charge on any atom is -0.497 e. The molecule has 272 valence electrons. The number of benzene rings is 2. The SMILES string of the molecule is CN(C)Cc1cc(S(N)(=O)=O)nn1C1CC1.COc1ccc(CN(Cc2ccc(OC)cc2)S(=O)(=O)c2cc(CN(C)C)n(C3CC3)n2)cc1. The smallest absolute Gasteiger partial charge is 0.263 e. The summed E-state index contributed by atoms with van der Waals surface area (Å²) in [7, 11) is 3.47. The Morgan fingerprint density at radius 3 is 1.38 bits per heavy atom. The van der Waals surface area contributed by atoms with E-state index in [9.17, 15) is 16.8 Å². The van der Waals surface area contributed by atoms with Crippen LogP contribution in [-0.2, 0) is 46.2 Å². The van der Waals surface area contributed by atoms with Crippen molar-refractivity contribution >= 4 is 20.0 Å². The zero-order valence-electron chi connectivity index (χ0n) is 29.6. The summed E-state index contributed by atoms with van der Waals surface area (Å²) < 4.78 is 65.8. The molecule has 0 bridgehead atoms. The summed E-state index contributed by atoms with van der Waals surface area (Å²) in [4.78, 5) is 4.00. The van der Waals surface area contributed by atoms with Gasteiger partial charge in [0.15, 0.2) is 10.1 Å². The number of methoxy groups -OCH3 is 2. The molecule has 50 heavy (non-hydrogen) atoms. The van der Waals surface area contributed by atoms with Gasteiger partial charge in [-0.1, -0.05) is 24.3 Å². The van der Waals surface area contributed by atoms with Gasteiger partial charge in [0.1, 0.15) is 11.5 Å². The molecule has 0 amide bonds. The summed E-state index contributed by atoms with van der Waals surface area (Å²) in [6.45, 7) is 1.74. The predicted octanol–water partition coefficient (Wildman–Crippen LogP) is 3.61. The van der Waals surface area contributed by atoms with Crippen LogP contribution in [-0.4, -0.2) is 92.9 Å². The van der Waals surface area contributed by atoms with Crippen molar-refractivity contribution in [1.82, 2.24) is 33.7 Å². The van der Waals surface area contributed by atoms with Crippen molar-refractivity contribution in [3.8, 4) is 11.5 Å². The Balaban J connectivity index is 0.000000253. The lowest BCUT2D eigenvalue weighted by molar-refractivity contribution is 0.381. The second-order valence-corrected chi connectivity index (χ2v) is 16.7. The third kappa shape index (κ3) is 9.70. The third-order valence-corrected chi connectivity index (χ3v) is 10.7. The molecule has 0 unspecified atom stereocenters. The Labute approximate surface area is 295 Å². The number of nitrogens with zero attached hydrogens (tertiary/aromatic N) is 7. The minimum atomic E-state index is -3.85. The fourth-order valence-electron chi connectivity index (χ4n) is 5.46. The second-order valence-electron chi connectivity index (χ2n) is 13.3. The lowest BCUT2D eigenvalue weighted by Gasteiger charge is -2.21. The van der Waals surface area contributed by atoms with E-state index in [2.05, 4.69) is 10.2 Å². The summed E-state index contributed by atoms with van der Waals surface area (Å²) >= 11 is 0. The molecular weight excluding hydrogens is 681 g/mol. The minimum absolute atomic E-state index is 0.0312. The van der Waals surface area contributed by atoms with Crippen LogP contribution in [0.5, 0.6) is 11.5 Å². The topological polar surface area (TPSA) is 158 Å². The standard InChI is InChI=1S/C25H32N4O4S.C9H16N4O2S/c1-27(2)18-22-15-25(26-29(22)21-9-10-21)34(30,31)28(16-19-5-11-23(32-3)12-6-19)17-20-7-13-24(33-4)14-8-20;1-12(2)6-8-5-9(16(10,14)15)11-13(8)7-3-4-7/h5-8,11-15,21H,9-10,16-18H2,1-4H3;5,7H,3-4,6H2,1-2H3,(H2,10,14,15). The summed E-state index contributed by atoms with van der Waals surface area (Å²) in [5, 5.41) is 13.8. The van der Waals surface area contributed by atoms with Crippen LogP contribution in [0.3, 0.4) is 0 Å². The highest BCUT2D eigenvalue weighted by molar-refractivity contribution is 7.89. The van der Waals surface area contributed by atoms with Gasteiger partial charge in [0.05, 0.1) is 37.7 Å². The van der Waals surface area contributed by atoms with Crippen molar-refractivity contribution in [2.45, 2.75) is 74.0 Å². The monoisotopic (exact) mass is 728 g/mol. The fraction of sp³-hybridized carbons (Fsp3) is 0.471. The molecule has 2 aromatic heterocycles. The molecule has 2 aliphatic rings. The highest BCUT2D eigenvalue weighted by Gasteiger charge is 2.33. The van der Waals surface area contributed by atoms with E-state index in [1.807, 2.05) is 91.2 Å². The van der Waals surface area contributed by atoms with Crippen LogP contribution < -0.4 is 14.6 Å². The van der Waals surface area contributed by atoms with Crippen LogP contribution in [0, 0.1) is 0 Å². The highest BCUT2D eigenvalue weighted by atomic mass is 32.2. The summed E-state index contributed by atoms with van der Waals surface area (Å²) in [5.74, 6) is 1.45. The summed E-state index contributed by atoms with van der Waals surface area (Å²) in [5.41, 5.74) is 3.55. The van der Waals surface area contributed by atoms with Crippen molar-refractivity contribution in [3.63, 3.8) is 0 Å². The third-order valence-electron chi connectivity index (χ3n) is 8.25. The summed E-state index contributed by atoms with van der Waals surface area (Å²) in [6.07, 6.45) is 4.18. The van der Waals surface area contributed by atoms with E-state index in [1.165, 1.54) is 4.31 Å². The van der Waals surface area contributed by atoms with Crippen molar-refractivity contribution < 1.29 is 26.3 Å². The van der Waals surface area contributed by atoms with Gasteiger partial charge in [-0.2, -0.15) is 14.5 Å². The first-order valence-electron chi connectivity index (χ1n) is 16.4. The van der Waals surface area contributed by atoms with Crippen LogP contribution in [0.2, 0.25) is 0 Å². The zero-order valence-corrected chi connectivity index (χ0v) is 31.2. The van der Waals surface area contributed by atoms with E-state index in [-0.39, 0.29) is 29.2 Å². The molecule has 0 radical (unpaired) electrons. The maximum atomic E-state index is 13.9. The average Bonchev–Trinajstić information content (AvgIpc) is 4.00. The van der Waals surface area contributed by atoms with Crippen LogP contribution in [0.15, 0.2) is 70.7 Å². The number of hydrogen-bond acceptors (Lipinski definition) is 10.